The van der Waals surface area contributed by atoms with E-state index in [0.717, 1.165) is 11.1 Å². The normalized spacial score (nSPS) is 10.7. The number of benzene rings is 3. The average molecular weight is 485 g/mol. The summed E-state index contributed by atoms with van der Waals surface area (Å²) in [6, 6.07) is 19.4. The minimum atomic E-state index is -0.296. The molecule has 0 saturated heterocycles. The first-order chi connectivity index (χ1) is 16.9. The van der Waals surface area contributed by atoms with Gasteiger partial charge in [0.25, 0.3) is 17.4 Å². The lowest BCUT2D eigenvalue weighted by molar-refractivity contribution is 0.0950. The van der Waals surface area contributed by atoms with Gasteiger partial charge in [0.1, 0.15) is 0 Å². The summed E-state index contributed by atoms with van der Waals surface area (Å²) in [6.45, 7) is 6.18. The lowest BCUT2D eigenvalue weighted by Crippen LogP contribution is -2.24. The molecule has 4 rings (SSSR count). The molecule has 0 aliphatic rings. The highest BCUT2D eigenvalue weighted by atomic mass is 32.1. The van der Waals surface area contributed by atoms with Crippen molar-refractivity contribution >= 4 is 40.6 Å². The Morgan fingerprint density at radius 3 is 2.51 bits per heavy atom. The van der Waals surface area contributed by atoms with Crippen LogP contribution in [0.3, 0.4) is 0 Å². The summed E-state index contributed by atoms with van der Waals surface area (Å²) in [5.74, 6) is -0.498. The van der Waals surface area contributed by atoms with Crippen molar-refractivity contribution in [2.75, 3.05) is 5.32 Å². The molecule has 0 aliphatic heterocycles. The molecule has 0 bridgehead atoms. The molecular weight excluding hydrogens is 460 g/mol. The number of fused-ring (bicyclic) bond motifs is 1. The Hall–Kier alpha value is -4.30. The predicted molar refractivity (Wildman–Crippen MR) is 140 cm³/mol. The number of nitrogens with zero attached hydrogens (tertiary/aromatic N) is 1. The molecule has 0 atom stereocenters. The van der Waals surface area contributed by atoms with E-state index in [-0.39, 0.29) is 28.7 Å². The third-order valence-corrected chi connectivity index (χ3v) is 5.83. The van der Waals surface area contributed by atoms with E-state index in [1.807, 2.05) is 37.3 Å². The fraction of sp³-hybridized carbons (Fsp3) is 0.111. The SMILES string of the molecule is C=CCn1c(=S)[nH]c2cc(C(=O)NCc3cccc(NC(=O)c4ccc(C)cc4)c3)ccc2c1=O. The number of aromatic nitrogens is 2. The number of anilines is 1. The van der Waals surface area contributed by atoms with Crippen LogP contribution in [0.4, 0.5) is 5.69 Å². The molecule has 35 heavy (non-hydrogen) atoms. The molecule has 0 aliphatic carbocycles. The number of H-pyrrole nitrogens is 1. The van der Waals surface area contributed by atoms with Gasteiger partial charge in [0, 0.05) is 29.9 Å². The van der Waals surface area contributed by atoms with Crippen molar-refractivity contribution in [1.29, 1.82) is 0 Å². The largest absolute Gasteiger partial charge is 0.348 e. The Morgan fingerprint density at radius 2 is 1.77 bits per heavy atom. The first kappa shape index (κ1) is 23.8. The molecular formula is C27H24N4O3S. The van der Waals surface area contributed by atoms with Gasteiger partial charge in [-0.05, 0) is 67.2 Å². The van der Waals surface area contributed by atoms with Gasteiger partial charge in [-0.25, -0.2) is 0 Å². The number of aromatic amines is 1. The van der Waals surface area contributed by atoms with Crippen LogP contribution in [0.1, 0.15) is 31.8 Å². The lowest BCUT2D eigenvalue weighted by atomic mass is 10.1. The number of hydrogen-bond acceptors (Lipinski definition) is 4. The molecule has 176 valence electrons. The van der Waals surface area contributed by atoms with E-state index in [2.05, 4.69) is 22.2 Å². The molecule has 3 N–H and O–H groups in total. The van der Waals surface area contributed by atoms with Crippen molar-refractivity contribution in [3.05, 3.63) is 117 Å². The number of hydrogen-bond donors (Lipinski definition) is 3. The van der Waals surface area contributed by atoms with E-state index in [1.165, 1.54) is 4.57 Å². The molecule has 4 aromatic rings. The van der Waals surface area contributed by atoms with Crippen LogP contribution in [0, 0.1) is 11.7 Å². The van der Waals surface area contributed by atoms with E-state index in [4.69, 9.17) is 12.2 Å². The number of rotatable bonds is 7. The second-order valence-electron chi connectivity index (χ2n) is 8.10. The van der Waals surface area contributed by atoms with E-state index in [9.17, 15) is 14.4 Å². The third kappa shape index (κ3) is 5.44. The van der Waals surface area contributed by atoms with Crippen molar-refractivity contribution in [3.8, 4) is 0 Å². The number of nitrogens with one attached hydrogen (secondary N) is 3. The molecule has 0 unspecified atom stereocenters. The molecule has 3 aromatic carbocycles. The fourth-order valence-corrected chi connectivity index (χ4v) is 3.91. The quantitative estimate of drug-likeness (QED) is 0.261. The summed E-state index contributed by atoms with van der Waals surface area (Å²) in [5, 5.41) is 6.19. The standard InChI is InChI=1S/C27H24N4O3S/c1-3-13-31-26(34)22-12-11-20(15-23(22)30-27(31)35)24(32)28-16-18-5-4-6-21(14-18)29-25(33)19-9-7-17(2)8-10-19/h3-12,14-15H,1,13,16H2,2H3,(H,28,32)(H,29,33)(H,30,35). The van der Waals surface area contributed by atoms with Gasteiger partial charge < -0.3 is 15.6 Å². The topological polar surface area (TPSA) is 96.0 Å². The van der Waals surface area contributed by atoms with Crippen LogP contribution in [0.25, 0.3) is 10.9 Å². The van der Waals surface area contributed by atoms with Crippen molar-refractivity contribution in [1.82, 2.24) is 14.9 Å². The van der Waals surface area contributed by atoms with Gasteiger partial charge >= 0.3 is 0 Å². The van der Waals surface area contributed by atoms with Gasteiger partial charge in [0.15, 0.2) is 4.77 Å². The van der Waals surface area contributed by atoms with Gasteiger partial charge in [-0.15, -0.1) is 6.58 Å². The van der Waals surface area contributed by atoms with Gasteiger partial charge in [-0.1, -0.05) is 35.9 Å². The van der Waals surface area contributed by atoms with Crippen LogP contribution in [-0.2, 0) is 13.1 Å². The Balaban J connectivity index is 1.45. The Morgan fingerprint density at radius 1 is 1.03 bits per heavy atom. The van der Waals surface area contributed by atoms with Crippen LogP contribution in [0.2, 0.25) is 0 Å². The monoisotopic (exact) mass is 484 g/mol. The van der Waals surface area contributed by atoms with Gasteiger partial charge in [-0.2, -0.15) is 0 Å². The first-order valence-electron chi connectivity index (χ1n) is 11.0. The minimum absolute atomic E-state index is 0.202. The number of carbonyl (C=O) groups is 2. The van der Waals surface area contributed by atoms with Crippen LogP contribution in [0.15, 0.2) is 84.2 Å². The molecule has 7 nitrogen and oxygen atoms in total. The molecule has 0 saturated carbocycles. The van der Waals surface area contributed by atoms with Gasteiger partial charge in [0.2, 0.25) is 0 Å². The zero-order valence-electron chi connectivity index (χ0n) is 19.1. The Labute approximate surface area is 207 Å². The molecule has 1 heterocycles. The minimum Gasteiger partial charge on any atom is -0.348 e. The van der Waals surface area contributed by atoms with Crippen LogP contribution < -0.4 is 16.2 Å². The summed E-state index contributed by atoms with van der Waals surface area (Å²) in [6.07, 6.45) is 1.60. The van der Waals surface area contributed by atoms with E-state index in [0.29, 0.717) is 34.3 Å². The van der Waals surface area contributed by atoms with E-state index < -0.39 is 0 Å². The first-order valence-corrected chi connectivity index (χ1v) is 11.4. The maximum absolute atomic E-state index is 12.8. The lowest BCUT2D eigenvalue weighted by Gasteiger charge is -2.10. The average Bonchev–Trinajstić information content (AvgIpc) is 2.85. The van der Waals surface area contributed by atoms with Crippen LogP contribution in [0.5, 0.6) is 0 Å². The highest BCUT2D eigenvalue weighted by Gasteiger charge is 2.11. The fourth-order valence-electron chi connectivity index (χ4n) is 3.64. The van der Waals surface area contributed by atoms with Crippen molar-refractivity contribution in [2.45, 2.75) is 20.0 Å². The second-order valence-corrected chi connectivity index (χ2v) is 8.48. The molecule has 0 fully saturated rings. The Bertz CT molecular complexity index is 1550. The molecule has 0 spiro atoms. The van der Waals surface area contributed by atoms with Crippen LogP contribution >= 0.6 is 12.2 Å². The smallest absolute Gasteiger partial charge is 0.262 e. The predicted octanol–water partition coefficient (Wildman–Crippen LogP) is 4.74. The Kier molecular flexibility index (Phi) is 7.03. The maximum atomic E-state index is 12.8. The summed E-state index contributed by atoms with van der Waals surface area (Å²) >= 11 is 5.26. The molecule has 1 aromatic heterocycles. The molecule has 2 amide bonds. The van der Waals surface area contributed by atoms with Crippen molar-refractivity contribution < 1.29 is 9.59 Å². The summed E-state index contributed by atoms with van der Waals surface area (Å²) < 4.78 is 1.68. The highest BCUT2D eigenvalue weighted by molar-refractivity contribution is 7.71. The van der Waals surface area contributed by atoms with Gasteiger partial charge in [0.05, 0.1) is 10.9 Å². The second kappa shape index (κ2) is 10.3. The van der Waals surface area contributed by atoms with Crippen molar-refractivity contribution in [3.63, 3.8) is 0 Å². The zero-order chi connectivity index (χ0) is 24.9. The summed E-state index contributed by atoms with van der Waals surface area (Å²) in [5.41, 5.74) is 3.77. The zero-order valence-corrected chi connectivity index (χ0v) is 19.9. The maximum Gasteiger partial charge on any atom is 0.262 e. The number of amides is 2. The summed E-state index contributed by atoms with van der Waals surface area (Å²) in [7, 11) is 0. The molecule has 8 heteroatoms. The number of aryl methyl sites for hydroxylation is 1. The summed E-state index contributed by atoms with van der Waals surface area (Å²) in [4.78, 5) is 40.9. The number of allylic oxidation sites excluding steroid dienone is 1. The molecule has 0 radical (unpaired) electrons. The highest BCUT2D eigenvalue weighted by Crippen LogP contribution is 2.14. The van der Waals surface area contributed by atoms with Gasteiger partial charge in [-0.3, -0.25) is 19.0 Å². The van der Waals surface area contributed by atoms with E-state index >= 15 is 0 Å². The van der Waals surface area contributed by atoms with Crippen LogP contribution in [-0.4, -0.2) is 21.4 Å². The third-order valence-electron chi connectivity index (χ3n) is 5.51. The number of carbonyl (C=O) groups excluding carboxylic acids is 2. The van der Waals surface area contributed by atoms with E-state index in [1.54, 1.807) is 42.5 Å². The van der Waals surface area contributed by atoms with Crippen molar-refractivity contribution in [2.24, 2.45) is 0 Å².